The Bertz CT molecular complexity index is 604. The lowest BCUT2D eigenvalue weighted by molar-refractivity contribution is -0.127. The summed E-state index contributed by atoms with van der Waals surface area (Å²) in [7, 11) is 1.47. The maximum Gasteiger partial charge on any atom is 0.340 e. The van der Waals surface area contributed by atoms with E-state index in [9.17, 15) is 14.4 Å². The number of esters is 1. The Morgan fingerprint density at radius 2 is 1.83 bits per heavy atom. The summed E-state index contributed by atoms with van der Waals surface area (Å²) in [6.07, 6.45) is -1.13. The number of hydrogen-bond acceptors (Lipinski definition) is 5. The zero-order chi connectivity index (χ0) is 17.6. The molecule has 1 aromatic rings. The second-order valence-corrected chi connectivity index (χ2v) is 5.87. The minimum Gasteiger partial charge on any atom is -0.497 e. The van der Waals surface area contributed by atoms with Gasteiger partial charge in [-0.3, -0.25) is 10.1 Å². The van der Waals surface area contributed by atoms with Crippen LogP contribution in [-0.2, 0) is 9.53 Å². The average Bonchev–Trinajstić information content (AvgIpc) is 2.46. The molecule has 0 spiro atoms. The first-order valence-electron chi connectivity index (χ1n) is 6.90. The largest absolute Gasteiger partial charge is 0.497 e. The number of benzene rings is 1. The highest BCUT2D eigenvalue weighted by molar-refractivity contribution is 9.10. The van der Waals surface area contributed by atoms with Gasteiger partial charge in [-0.25, -0.2) is 9.59 Å². The summed E-state index contributed by atoms with van der Waals surface area (Å²) in [4.78, 5) is 35.4. The highest BCUT2D eigenvalue weighted by Gasteiger charge is 2.22. The molecule has 1 rings (SSSR count). The zero-order valence-electron chi connectivity index (χ0n) is 13.3. The molecule has 0 saturated carbocycles. The van der Waals surface area contributed by atoms with Crippen molar-refractivity contribution in [2.75, 3.05) is 7.11 Å². The van der Waals surface area contributed by atoms with Gasteiger partial charge in [-0.15, -0.1) is 0 Å². The Labute approximate surface area is 142 Å². The lowest BCUT2D eigenvalue weighted by Crippen LogP contribution is -2.46. The molecule has 0 radical (unpaired) electrons. The van der Waals surface area contributed by atoms with E-state index in [1.165, 1.54) is 20.1 Å². The van der Waals surface area contributed by atoms with Gasteiger partial charge in [0.25, 0.3) is 5.91 Å². The van der Waals surface area contributed by atoms with E-state index in [0.29, 0.717) is 10.2 Å². The van der Waals surface area contributed by atoms with Gasteiger partial charge in [0.05, 0.1) is 12.7 Å². The van der Waals surface area contributed by atoms with Gasteiger partial charge in [-0.05, 0) is 54.9 Å². The molecule has 8 heteroatoms. The van der Waals surface area contributed by atoms with Crippen molar-refractivity contribution in [3.63, 3.8) is 0 Å². The van der Waals surface area contributed by atoms with Crippen LogP contribution in [0.1, 0.15) is 31.1 Å². The van der Waals surface area contributed by atoms with Crippen molar-refractivity contribution in [3.05, 3.63) is 28.2 Å². The molecule has 126 valence electrons. The Balaban J connectivity index is 2.69. The minimum atomic E-state index is -1.13. The Morgan fingerprint density at radius 1 is 1.17 bits per heavy atom. The molecule has 0 aliphatic rings. The number of hydrogen-bond donors (Lipinski definition) is 2. The highest BCUT2D eigenvalue weighted by Crippen LogP contribution is 2.23. The van der Waals surface area contributed by atoms with E-state index in [1.807, 2.05) is 0 Å². The molecule has 2 N–H and O–H groups in total. The summed E-state index contributed by atoms with van der Waals surface area (Å²) in [5.74, 6) is -0.938. The fourth-order valence-corrected chi connectivity index (χ4v) is 1.99. The first-order chi connectivity index (χ1) is 10.7. The van der Waals surface area contributed by atoms with Crippen molar-refractivity contribution < 1.29 is 23.9 Å². The van der Waals surface area contributed by atoms with E-state index < -0.39 is 24.0 Å². The lowest BCUT2D eigenvalue weighted by atomic mass is 10.2. The van der Waals surface area contributed by atoms with Gasteiger partial charge in [0.15, 0.2) is 6.10 Å². The van der Waals surface area contributed by atoms with E-state index in [4.69, 9.17) is 9.47 Å². The van der Waals surface area contributed by atoms with Crippen molar-refractivity contribution in [2.24, 2.45) is 0 Å². The van der Waals surface area contributed by atoms with Crippen LogP contribution in [0.15, 0.2) is 22.7 Å². The summed E-state index contributed by atoms with van der Waals surface area (Å²) in [6.45, 7) is 4.89. The van der Waals surface area contributed by atoms with Crippen molar-refractivity contribution in [1.82, 2.24) is 10.6 Å². The molecule has 1 atom stereocenters. The van der Waals surface area contributed by atoms with Gasteiger partial charge >= 0.3 is 12.0 Å². The quantitative estimate of drug-likeness (QED) is 0.756. The standard InChI is InChI=1S/C15H19BrN2O5/c1-8(2)17-15(21)18-13(19)9(3)23-14(20)11-7-10(22-4)5-6-12(11)16/h5-9H,1-4H3,(H2,17,18,19,21)/t9-/m1/s1. The molecule has 3 amide bonds. The van der Waals surface area contributed by atoms with Crippen molar-refractivity contribution >= 4 is 33.8 Å². The maximum absolute atomic E-state index is 12.1. The molecule has 23 heavy (non-hydrogen) atoms. The van der Waals surface area contributed by atoms with Gasteiger partial charge in [0.1, 0.15) is 5.75 Å². The Kier molecular flexibility index (Phi) is 7.02. The first-order valence-corrected chi connectivity index (χ1v) is 7.69. The topological polar surface area (TPSA) is 93.7 Å². The van der Waals surface area contributed by atoms with Gasteiger partial charge in [0.2, 0.25) is 0 Å². The monoisotopic (exact) mass is 386 g/mol. The van der Waals surface area contributed by atoms with E-state index in [0.717, 1.165) is 0 Å². The average molecular weight is 387 g/mol. The Hall–Kier alpha value is -2.09. The number of methoxy groups -OCH3 is 1. The third kappa shape index (κ3) is 5.90. The number of nitrogens with one attached hydrogen (secondary N) is 2. The number of imide groups is 1. The van der Waals surface area contributed by atoms with E-state index in [-0.39, 0.29) is 11.6 Å². The molecule has 0 unspecified atom stereocenters. The first kappa shape index (κ1) is 19.0. The molecule has 0 aromatic heterocycles. The summed E-state index contributed by atoms with van der Waals surface area (Å²) in [5.41, 5.74) is 0.218. The van der Waals surface area contributed by atoms with Gasteiger partial charge < -0.3 is 14.8 Å². The normalized spacial score (nSPS) is 11.6. The summed E-state index contributed by atoms with van der Waals surface area (Å²) >= 11 is 3.23. The van der Waals surface area contributed by atoms with Crippen LogP contribution in [0, 0.1) is 0 Å². The molecule has 0 bridgehead atoms. The fraction of sp³-hybridized carbons (Fsp3) is 0.400. The molecule has 0 fully saturated rings. The lowest BCUT2D eigenvalue weighted by Gasteiger charge is -2.15. The number of rotatable bonds is 5. The number of halogens is 1. The van der Waals surface area contributed by atoms with Crippen molar-refractivity contribution in [2.45, 2.75) is 32.9 Å². The predicted molar refractivity (Wildman–Crippen MR) is 87.4 cm³/mol. The van der Waals surface area contributed by atoms with Gasteiger partial charge in [-0.1, -0.05) is 0 Å². The Morgan fingerprint density at radius 3 is 2.39 bits per heavy atom. The zero-order valence-corrected chi connectivity index (χ0v) is 14.9. The molecule has 0 heterocycles. The van der Waals surface area contributed by atoms with E-state index >= 15 is 0 Å². The van der Waals surface area contributed by atoms with Crippen LogP contribution >= 0.6 is 15.9 Å². The third-order valence-electron chi connectivity index (χ3n) is 2.70. The molecular formula is C15H19BrN2O5. The van der Waals surface area contributed by atoms with Gasteiger partial charge in [-0.2, -0.15) is 0 Å². The SMILES string of the molecule is COc1ccc(Br)c(C(=O)O[C@H](C)C(=O)NC(=O)NC(C)C)c1. The van der Waals surface area contributed by atoms with Crippen LogP contribution in [-0.4, -0.2) is 37.2 Å². The smallest absolute Gasteiger partial charge is 0.340 e. The molecule has 0 saturated heterocycles. The number of carbonyl (C=O) groups excluding carboxylic acids is 3. The second kappa shape index (κ2) is 8.52. The number of ether oxygens (including phenoxy) is 2. The number of carbonyl (C=O) groups is 3. The highest BCUT2D eigenvalue weighted by atomic mass is 79.9. The van der Waals surface area contributed by atoms with Crippen molar-refractivity contribution in [1.29, 1.82) is 0 Å². The number of amides is 3. The minimum absolute atomic E-state index is 0.117. The molecule has 1 aromatic carbocycles. The van der Waals surface area contributed by atoms with Crippen LogP contribution in [0.3, 0.4) is 0 Å². The molecular weight excluding hydrogens is 368 g/mol. The van der Waals surface area contributed by atoms with Gasteiger partial charge in [0, 0.05) is 10.5 Å². The van der Waals surface area contributed by atoms with Crippen LogP contribution in [0.25, 0.3) is 0 Å². The van der Waals surface area contributed by atoms with Crippen molar-refractivity contribution in [3.8, 4) is 5.75 Å². The summed E-state index contributed by atoms with van der Waals surface area (Å²) < 4.78 is 10.6. The second-order valence-electron chi connectivity index (χ2n) is 5.01. The number of urea groups is 1. The third-order valence-corrected chi connectivity index (χ3v) is 3.39. The van der Waals surface area contributed by atoms with Crippen LogP contribution in [0.2, 0.25) is 0 Å². The maximum atomic E-state index is 12.1. The molecule has 0 aliphatic carbocycles. The fourth-order valence-electron chi connectivity index (χ4n) is 1.58. The van der Waals surface area contributed by atoms with Crippen LogP contribution in [0.5, 0.6) is 5.75 Å². The van der Waals surface area contributed by atoms with Crippen LogP contribution in [0.4, 0.5) is 4.79 Å². The predicted octanol–water partition coefficient (Wildman–Crippen LogP) is 2.24. The van der Waals surface area contributed by atoms with E-state index in [2.05, 4.69) is 26.6 Å². The summed E-state index contributed by atoms with van der Waals surface area (Å²) in [6, 6.07) is 4.04. The molecule has 7 nitrogen and oxygen atoms in total. The van der Waals surface area contributed by atoms with E-state index in [1.54, 1.807) is 26.0 Å². The molecule has 0 aliphatic heterocycles. The van der Waals surface area contributed by atoms with Crippen LogP contribution < -0.4 is 15.4 Å². The summed E-state index contributed by atoms with van der Waals surface area (Å²) in [5, 5.41) is 4.60.